The highest BCUT2D eigenvalue weighted by Crippen LogP contribution is 2.33. The maximum absolute atomic E-state index is 12.5. The summed E-state index contributed by atoms with van der Waals surface area (Å²) in [7, 11) is 0. The second-order valence-electron chi connectivity index (χ2n) is 5.59. The molecule has 2 rings (SSSR count). The molecule has 0 radical (unpaired) electrons. The molecule has 1 amide bonds. The minimum absolute atomic E-state index is 0.277. The van der Waals surface area contributed by atoms with Gasteiger partial charge in [0, 0.05) is 22.4 Å². The summed E-state index contributed by atoms with van der Waals surface area (Å²) in [5.74, 6) is -1.24. The van der Waals surface area contributed by atoms with Crippen LogP contribution in [0.15, 0.2) is 24.3 Å². The van der Waals surface area contributed by atoms with E-state index in [-0.39, 0.29) is 17.3 Å². The van der Waals surface area contributed by atoms with Crippen LogP contribution in [0, 0.1) is 13.8 Å². The number of esters is 1. The number of Topliss-reactive ketones (excluding diaryl/α,β-unsaturated/α-hetero) is 1. The number of aryl methyl sites for hydroxylation is 1. The topological polar surface area (TPSA) is 72.5 Å². The zero-order chi connectivity index (χ0) is 18.7. The fourth-order valence-corrected chi connectivity index (χ4v) is 3.46. The second kappa shape index (κ2) is 7.80. The van der Waals surface area contributed by atoms with Crippen LogP contribution in [0.2, 0.25) is 5.02 Å². The molecule has 5 nitrogen and oxygen atoms in total. The monoisotopic (exact) mass is 379 g/mol. The van der Waals surface area contributed by atoms with Gasteiger partial charge in [0.05, 0.1) is 5.56 Å². The van der Waals surface area contributed by atoms with Crippen molar-refractivity contribution in [2.24, 2.45) is 0 Å². The van der Waals surface area contributed by atoms with E-state index >= 15 is 0 Å². The zero-order valence-corrected chi connectivity index (χ0v) is 15.9. The standard InChI is InChI=1S/C18H18ClNO4S/c1-9-11(3)25-17(20-12(4)21)15(9)18(23)24-10(2)16(22)13-5-7-14(19)8-6-13/h5-8,10H,1-4H3,(H,20,21)/t10-/m1/s1. The number of thiophene rings is 1. The molecule has 0 saturated carbocycles. The Morgan fingerprint density at radius 1 is 1.16 bits per heavy atom. The third-order valence-corrected chi connectivity index (χ3v) is 5.04. The quantitative estimate of drug-likeness (QED) is 0.617. The molecule has 0 aliphatic heterocycles. The molecule has 0 fully saturated rings. The predicted molar refractivity (Wildman–Crippen MR) is 98.8 cm³/mol. The van der Waals surface area contributed by atoms with E-state index in [1.165, 1.54) is 25.2 Å². The first-order chi connectivity index (χ1) is 11.7. The number of ether oxygens (including phenoxy) is 1. The lowest BCUT2D eigenvalue weighted by atomic mass is 10.1. The third kappa shape index (κ3) is 4.46. The minimum atomic E-state index is -0.960. The predicted octanol–water partition coefficient (Wildman–Crippen LogP) is 4.40. The van der Waals surface area contributed by atoms with Gasteiger partial charge in [0.15, 0.2) is 6.10 Å². The molecule has 0 aliphatic carbocycles. The van der Waals surface area contributed by atoms with Gasteiger partial charge in [-0.1, -0.05) is 11.6 Å². The number of hydrogen-bond donors (Lipinski definition) is 1. The maximum Gasteiger partial charge on any atom is 0.342 e. The Labute approximate surface area is 154 Å². The van der Waals surface area contributed by atoms with Crippen molar-refractivity contribution in [2.75, 3.05) is 5.32 Å². The number of rotatable bonds is 5. The van der Waals surface area contributed by atoms with Gasteiger partial charge in [-0.2, -0.15) is 0 Å². The number of carbonyl (C=O) groups excluding carboxylic acids is 3. The highest BCUT2D eigenvalue weighted by atomic mass is 35.5. The van der Waals surface area contributed by atoms with Gasteiger partial charge in [0.1, 0.15) is 5.00 Å². The first-order valence-electron chi connectivity index (χ1n) is 7.59. The van der Waals surface area contributed by atoms with Crippen LogP contribution in [0.5, 0.6) is 0 Å². The fourth-order valence-electron chi connectivity index (χ4n) is 2.24. The van der Waals surface area contributed by atoms with Crippen molar-refractivity contribution in [1.29, 1.82) is 0 Å². The minimum Gasteiger partial charge on any atom is -0.451 e. The van der Waals surface area contributed by atoms with E-state index in [1.807, 2.05) is 6.92 Å². The average molecular weight is 380 g/mol. The summed E-state index contributed by atoms with van der Waals surface area (Å²) >= 11 is 7.11. The molecule has 1 aromatic heterocycles. The van der Waals surface area contributed by atoms with Crippen LogP contribution >= 0.6 is 22.9 Å². The van der Waals surface area contributed by atoms with Crippen molar-refractivity contribution in [3.8, 4) is 0 Å². The smallest absolute Gasteiger partial charge is 0.342 e. The Hall–Kier alpha value is -2.18. The summed E-state index contributed by atoms with van der Waals surface area (Å²) in [6, 6.07) is 6.37. The van der Waals surface area contributed by atoms with E-state index in [0.717, 1.165) is 10.4 Å². The third-order valence-electron chi connectivity index (χ3n) is 3.66. The van der Waals surface area contributed by atoms with E-state index < -0.39 is 12.1 Å². The van der Waals surface area contributed by atoms with Gasteiger partial charge in [-0.15, -0.1) is 11.3 Å². The lowest BCUT2D eigenvalue weighted by Gasteiger charge is -2.13. The van der Waals surface area contributed by atoms with Crippen LogP contribution in [0.4, 0.5) is 5.00 Å². The Morgan fingerprint density at radius 2 is 1.76 bits per heavy atom. The van der Waals surface area contributed by atoms with Crippen LogP contribution in [-0.2, 0) is 9.53 Å². The first-order valence-corrected chi connectivity index (χ1v) is 8.78. The molecule has 0 aliphatic rings. The zero-order valence-electron chi connectivity index (χ0n) is 14.3. The summed E-state index contributed by atoms with van der Waals surface area (Å²) in [6.45, 7) is 6.51. The van der Waals surface area contributed by atoms with Crippen molar-refractivity contribution in [2.45, 2.75) is 33.8 Å². The number of halogens is 1. The molecular weight excluding hydrogens is 362 g/mol. The average Bonchev–Trinajstić information content (AvgIpc) is 2.80. The van der Waals surface area contributed by atoms with E-state index in [9.17, 15) is 14.4 Å². The van der Waals surface area contributed by atoms with Gasteiger partial charge < -0.3 is 10.1 Å². The van der Waals surface area contributed by atoms with Crippen LogP contribution in [0.3, 0.4) is 0 Å². The van der Waals surface area contributed by atoms with Crippen molar-refractivity contribution < 1.29 is 19.1 Å². The van der Waals surface area contributed by atoms with Crippen molar-refractivity contribution in [3.63, 3.8) is 0 Å². The summed E-state index contributed by atoms with van der Waals surface area (Å²) in [5, 5.41) is 3.58. The Kier molecular flexibility index (Phi) is 5.98. The molecule has 7 heteroatoms. The molecule has 132 valence electrons. The van der Waals surface area contributed by atoms with Gasteiger partial charge >= 0.3 is 5.97 Å². The molecule has 1 heterocycles. The molecule has 0 saturated heterocycles. The fraction of sp³-hybridized carbons (Fsp3) is 0.278. The van der Waals surface area contributed by atoms with Crippen molar-refractivity contribution >= 4 is 45.6 Å². The van der Waals surface area contributed by atoms with E-state index in [4.69, 9.17) is 16.3 Å². The lowest BCUT2D eigenvalue weighted by Crippen LogP contribution is -2.25. The van der Waals surface area contributed by atoms with E-state index in [2.05, 4.69) is 5.32 Å². The number of benzene rings is 1. The first kappa shape index (κ1) is 19.1. The summed E-state index contributed by atoms with van der Waals surface area (Å²) in [4.78, 5) is 37.2. The second-order valence-corrected chi connectivity index (χ2v) is 7.25. The molecule has 1 atom stereocenters. The normalized spacial score (nSPS) is 11.7. The highest BCUT2D eigenvalue weighted by Gasteiger charge is 2.26. The molecule has 25 heavy (non-hydrogen) atoms. The number of amides is 1. The van der Waals surface area contributed by atoms with Crippen LogP contribution in [0.1, 0.15) is 45.0 Å². The van der Waals surface area contributed by atoms with E-state index in [0.29, 0.717) is 15.6 Å². The van der Waals surface area contributed by atoms with E-state index in [1.54, 1.807) is 31.2 Å². The Balaban J connectivity index is 2.20. The molecule has 0 bridgehead atoms. The van der Waals surface area contributed by atoms with Gasteiger partial charge in [-0.25, -0.2) is 4.79 Å². The Bertz CT molecular complexity index is 826. The summed E-state index contributed by atoms with van der Waals surface area (Å²) in [5.41, 5.74) is 1.42. The van der Waals surface area contributed by atoms with Gasteiger partial charge in [-0.3, -0.25) is 9.59 Å². The number of ketones is 1. The molecule has 0 spiro atoms. The lowest BCUT2D eigenvalue weighted by molar-refractivity contribution is -0.114. The van der Waals surface area contributed by atoms with Crippen LogP contribution in [-0.4, -0.2) is 23.8 Å². The molecular formula is C18H18ClNO4S. The summed E-state index contributed by atoms with van der Waals surface area (Å²) < 4.78 is 5.33. The van der Waals surface area contributed by atoms with Crippen LogP contribution < -0.4 is 5.32 Å². The largest absolute Gasteiger partial charge is 0.451 e. The number of anilines is 1. The van der Waals surface area contributed by atoms with Crippen LogP contribution in [0.25, 0.3) is 0 Å². The number of nitrogens with one attached hydrogen (secondary N) is 1. The number of hydrogen-bond acceptors (Lipinski definition) is 5. The van der Waals surface area contributed by atoms with Crippen molar-refractivity contribution in [3.05, 3.63) is 50.9 Å². The molecule has 1 aromatic carbocycles. The molecule has 2 aromatic rings. The Morgan fingerprint density at radius 3 is 2.32 bits per heavy atom. The van der Waals surface area contributed by atoms with Gasteiger partial charge in [-0.05, 0) is 50.6 Å². The maximum atomic E-state index is 12.5. The molecule has 1 N–H and O–H groups in total. The molecule has 0 unspecified atom stereocenters. The van der Waals surface area contributed by atoms with Crippen molar-refractivity contribution in [1.82, 2.24) is 0 Å². The highest BCUT2D eigenvalue weighted by molar-refractivity contribution is 7.16. The number of carbonyl (C=O) groups is 3. The van der Waals surface area contributed by atoms with Gasteiger partial charge in [0.2, 0.25) is 11.7 Å². The SMILES string of the molecule is CC(=O)Nc1sc(C)c(C)c1C(=O)O[C@H](C)C(=O)c1ccc(Cl)cc1. The summed E-state index contributed by atoms with van der Waals surface area (Å²) in [6.07, 6.45) is -0.960. The van der Waals surface area contributed by atoms with Gasteiger partial charge in [0.25, 0.3) is 0 Å².